The Labute approximate surface area is 90.9 Å². The molecule has 1 rings (SSSR count). The first-order valence-electron chi connectivity index (χ1n) is 5.35. The highest BCUT2D eigenvalue weighted by atomic mass is 16.6. The molecule has 0 spiro atoms. The van der Waals surface area contributed by atoms with Crippen LogP contribution in [0.25, 0.3) is 0 Å². The Bertz CT molecular complexity index is 199. The van der Waals surface area contributed by atoms with E-state index in [9.17, 15) is 4.79 Å². The molecule has 1 heterocycles. The van der Waals surface area contributed by atoms with Crippen LogP contribution in [0, 0.1) is 5.92 Å². The van der Waals surface area contributed by atoms with E-state index in [0.29, 0.717) is 32.8 Å². The predicted molar refractivity (Wildman–Crippen MR) is 55.6 cm³/mol. The number of carbonyl (C=O) groups excluding carboxylic acids is 1. The Hall–Kier alpha value is -0.610. The summed E-state index contributed by atoms with van der Waals surface area (Å²) in [6.45, 7) is 8.00. The summed E-state index contributed by atoms with van der Waals surface area (Å²) in [5.41, 5.74) is -0.413. The summed E-state index contributed by atoms with van der Waals surface area (Å²) in [7, 11) is 0. The summed E-state index contributed by atoms with van der Waals surface area (Å²) in [6.07, 6.45) is 0.372. The molecule has 0 aromatic carbocycles. The fraction of sp³-hybridized carbons (Fsp3) is 0.909. The lowest BCUT2D eigenvalue weighted by Gasteiger charge is -2.21. The van der Waals surface area contributed by atoms with Crippen LogP contribution in [-0.4, -0.2) is 38.0 Å². The SMILES string of the molecule is CC(C)(C)OC(=O)CC1COCCOC1. The highest BCUT2D eigenvalue weighted by molar-refractivity contribution is 5.70. The first-order chi connectivity index (χ1) is 6.97. The van der Waals surface area contributed by atoms with Crippen molar-refractivity contribution in [2.75, 3.05) is 26.4 Å². The van der Waals surface area contributed by atoms with E-state index in [4.69, 9.17) is 14.2 Å². The minimum Gasteiger partial charge on any atom is -0.460 e. The number of hydrogen-bond acceptors (Lipinski definition) is 4. The average molecular weight is 216 g/mol. The molecule has 88 valence electrons. The summed E-state index contributed by atoms with van der Waals surface area (Å²) in [6, 6.07) is 0. The topological polar surface area (TPSA) is 44.8 Å². The van der Waals surface area contributed by atoms with E-state index in [1.807, 2.05) is 20.8 Å². The molecule has 1 aliphatic heterocycles. The number of esters is 1. The van der Waals surface area contributed by atoms with E-state index >= 15 is 0 Å². The molecule has 4 heteroatoms. The van der Waals surface area contributed by atoms with Crippen molar-refractivity contribution in [2.24, 2.45) is 5.92 Å². The second kappa shape index (κ2) is 5.47. The largest absolute Gasteiger partial charge is 0.460 e. The van der Waals surface area contributed by atoms with Crippen molar-refractivity contribution in [3.8, 4) is 0 Å². The minimum atomic E-state index is -0.413. The Morgan fingerprint density at radius 2 is 1.80 bits per heavy atom. The van der Waals surface area contributed by atoms with Crippen LogP contribution in [0.5, 0.6) is 0 Å². The van der Waals surface area contributed by atoms with Crippen molar-refractivity contribution in [2.45, 2.75) is 32.8 Å². The molecule has 0 bridgehead atoms. The number of rotatable bonds is 2. The molecule has 0 aromatic rings. The van der Waals surface area contributed by atoms with Crippen LogP contribution in [0.4, 0.5) is 0 Å². The predicted octanol–water partition coefficient (Wildman–Crippen LogP) is 1.38. The monoisotopic (exact) mass is 216 g/mol. The van der Waals surface area contributed by atoms with Crippen molar-refractivity contribution in [3.05, 3.63) is 0 Å². The van der Waals surface area contributed by atoms with E-state index in [0.717, 1.165) is 0 Å². The van der Waals surface area contributed by atoms with Gasteiger partial charge in [0.25, 0.3) is 0 Å². The van der Waals surface area contributed by atoms with Gasteiger partial charge < -0.3 is 14.2 Å². The standard InChI is InChI=1S/C11H20O4/c1-11(2,3)15-10(12)6-9-7-13-4-5-14-8-9/h9H,4-8H2,1-3H3. The molecule has 1 aliphatic rings. The first kappa shape index (κ1) is 12.5. The quantitative estimate of drug-likeness (QED) is 0.654. The number of hydrogen-bond donors (Lipinski definition) is 0. The summed E-state index contributed by atoms with van der Waals surface area (Å²) >= 11 is 0. The fourth-order valence-electron chi connectivity index (χ4n) is 1.40. The molecule has 0 aliphatic carbocycles. The molecule has 1 saturated heterocycles. The van der Waals surface area contributed by atoms with Gasteiger partial charge in [-0.2, -0.15) is 0 Å². The van der Waals surface area contributed by atoms with Gasteiger partial charge in [0.2, 0.25) is 0 Å². The van der Waals surface area contributed by atoms with Crippen molar-refractivity contribution in [3.63, 3.8) is 0 Å². The van der Waals surface area contributed by atoms with Gasteiger partial charge in [0.05, 0.1) is 32.8 Å². The molecule has 0 radical (unpaired) electrons. The maximum absolute atomic E-state index is 11.5. The third-order valence-electron chi connectivity index (χ3n) is 1.95. The van der Waals surface area contributed by atoms with Crippen LogP contribution in [0.3, 0.4) is 0 Å². The van der Waals surface area contributed by atoms with E-state index in [2.05, 4.69) is 0 Å². The van der Waals surface area contributed by atoms with Crippen LogP contribution in [-0.2, 0) is 19.0 Å². The van der Waals surface area contributed by atoms with E-state index in [-0.39, 0.29) is 11.9 Å². The second-order valence-corrected chi connectivity index (χ2v) is 4.81. The van der Waals surface area contributed by atoms with E-state index in [1.165, 1.54) is 0 Å². The van der Waals surface area contributed by atoms with Gasteiger partial charge in [-0.3, -0.25) is 4.79 Å². The second-order valence-electron chi connectivity index (χ2n) is 4.81. The van der Waals surface area contributed by atoms with Crippen molar-refractivity contribution in [1.29, 1.82) is 0 Å². The normalized spacial score (nSPS) is 19.7. The summed E-state index contributed by atoms with van der Waals surface area (Å²) in [5, 5.41) is 0. The minimum absolute atomic E-state index is 0.127. The molecule has 0 atom stereocenters. The van der Waals surface area contributed by atoms with Crippen molar-refractivity contribution < 1.29 is 19.0 Å². The molecule has 0 aromatic heterocycles. The van der Waals surface area contributed by atoms with Crippen LogP contribution in [0.2, 0.25) is 0 Å². The van der Waals surface area contributed by atoms with Gasteiger partial charge in [-0.1, -0.05) is 0 Å². The highest BCUT2D eigenvalue weighted by Crippen LogP contribution is 2.13. The molecule has 1 fully saturated rings. The summed E-state index contributed by atoms with van der Waals surface area (Å²) in [4.78, 5) is 11.5. The van der Waals surface area contributed by atoms with Gasteiger partial charge in [0.15, 0.2) is 0 Å². The lowest BCUT2D eigenvalue weighted by Crippen LogP contribution is -2.27. The van der Waals surface area contributed by atoms with Crippen LogP contribution < -0.4 is 0 Å². The molecule has 0 amide bonds. The average Bonchev–Trinajstić information content (AvgIpc) is 2.28. The fourth-order valence-corrected chi connectivity index (χ4v) is 1.40. The molecule has 0 N–H and O–H groups in total. The van der Waals surface area contributed by atoms with Gasteiger partial charge >= 0.3 is 5.97 Å². The van der Waals surface area contributed by atoms with Gasteiger partial charge in [-0.25, -0.2) is 0 Å². The lowest BCUT2D eigenvalue weighted by molar-refractivity contribution is -0.156. The molecule has 0 saturated carbocycles. The van der Waals surface area contributed by atoms with Crippen molar-refractivity contribution in [1.82, 2.24) is 0 Å². The van der Waals surface area contributed by atoms with Gasteiger partial charge in [0, 0.05) is 5.92 Å². The van der Waals surface area contributed by atoms with Gasteiger partial charge in [0.1, 0.15) is 5.60 Å². The molecular weight excluding hydrogens is 196 g/mol. The van der Waals surface area contributed by atoms with Gasteiger partial charge in [-0.05, 0) is 20.8 Å². The summed E-state index contributed by atoms with van der Waals surface area (Å²) in [5.74, 6) is -0.0519. The van der Waals surface area contributed by atoms with E-state index < -0.39 is 5.60 Å². The number of ether oxygens (including phenoxy) is 3. The Morgan fingerprint density at radius 3 is 2.27 bits per heavy atom. The van der Waals surface area contributed by atoms with Gasteiger partial charge in [-0.15, -0.1) is 0 Å². The van der Waals surface area contributed by atoms with Crippen LogP contribution in [0.1, 0.15) is 27.2 Å². The molecule has 15 heavy (non-hydrogen) atoms. The molecular formula is C11H20O4. The molecule has 0 unspecified atom stereocenters. The maximum atomic E-state index is 11.5. The molecule has 4 nitrogen and oxygen atoms in total. The number of carbonyl (C=O) groups is 1. The zero-order chi connectivity index (χ0) is 11.3. The van der Waals surface area contributed by atoms with Crippen molar-refractivity contribution >= 4 is 5.97 Å². The van der Waals surface area contributed by atoms with E-state index in [1.54, 1.807) is 0 Å². The smallest absolute Gasteiger partial charge is 0.306 e. The lowest BCUT2D eigenvalue weighted by atomic mass is 10.1. The zero-order valence-corrected chi connectivity index (χ0v) is 9.75. The Kier molecular flexibility index (Phi) is 4.54. The third kappa shape index (κ3) is 5.74. The Morgan fingerprint density at radius 1 is 1.27 bits per heavy atom. The Balaban J connectivity index is 2.30. The zero-order valence-electron chi connectivity index (χ0n) is 9.75. The summed E-state index contributed by atoms with van der Waals surface area (Å²) < 4.78 is 15.8. The highest BCUT2D eigenvalue weighted by Gasteiger charge is 2.21. The van der Waals surface area contributed by atoms with Crippen LogP contribution >= 0.6 is 0 Å². The first-order valence-corrected chi connectivity index (χ1v) is 5.35. The van der Waals surface area contributed by atoms with Crippen LogP contribution in [0.15, 0.2) is 0 Å². The third-order valence-corrected chi connectivity index (χ3v) is 1.95. The maximum Gasteiger partial charge on any atom is 0.306 e.